The standard InChI is InChI=1S/C15H21BrN2O3/c1-15(2)10-18(7-13(9-19)21-15)8-14(20)17-12-5-3-11(16)4-6-12/h3-6,13,19H,7-10H2,1-2H3,(H,17,20). The summed E-state index contributed by atoms with van der Waals surface area (Å²) in [6.07, 6.45) is -0.241. The van der Waals surface area contributed by atoms with Crippen molar-refractivity contribution in [3.05, 3.63) is 28.7 Å². The molecule has 1 amide bonds. The first-order valence-corrected chi connectivity index (χ1v) is 7.74. The number of aliphatic hydroxyl groups excluding tert-OH is 1. The smallest absolute Gasteiger partial charge is 0.238 e. The molecule has 0 aromatic heterocycles. The zero-order valence-electron chi connectivity index (χ0n) is 12.3. The summed E-state index contributed by atoms with van der Waals surface area (Å²) < 4.78 is 6.71. The molecule has 116 valence electrons. The normalized spacial score (nSPS) is 22.0. The van der Waals surface area contributed by atoms with Gasteiger partial charge in [0.2, 0.25) is 5.91 Å². The first kappa shape index (κ1) is 16.4. The van der Waals surface area contributed by atoms with Gasteiger partial charge in [-0.25, -0.2) is 0 Å². The van der Waals surface area contributed by atoms with E-state index in [1.807, 2.05) is 43.0 Å². The zero-order chi connectivity index (χ0) is 15.5. The molecule has 1 aliphatic rings. The Labute approximate surface area is 133 Å². The van der Waals surface area contributed by atoms with E-state index in [0.29, 0.717) is 19.6 Å². The van der Waals surface area contributed by atoms with Crippen LogP contribution in [0.1, 0.15) is 13.8 Å². The summed E-state index contributed by atoms with van der Waals surface area (Å²) in [5.74, 6) is -0.0632. The van der Waals surface area contributed by atoms with Crippen LogP contribution >= 0.6 is 15.9 Å². The number of anilines is 1. The lowest BCUT2D eigenvalue weighted by molar-refractivity contribution is -0.151. The molecular formula is C15H21BrN2O3. The number of rotatable bonds is 4. The van der Waals surface area contributed by atoms with E-state index in [2.05, 4.69) is 21.2 Å². The molecule has 1 heterocycles. The van der Waals surface area contributed by atoms with Crippen molar-refractivity contribution in [3.8, 4) is 0 Å². The third-order valence-corrected chi connectivity index (χ3v) is 3.78. The number of nitrogens with zero attached hydrogens (tertiary/aromatic N) is 1. The predicted molar refractivity (Wildman–Crippen MR) is 85.2 cm³/mol. The fourth-order valence-electron chi connectivity index (χ4n) is 2.57. The molecule has 1 aliphatic heterocycles. The molecule has 1 saturated heterocycles. The summed E-state index contributed by atoms with van der Waals surface area (Å²) in [4.78, 5) is 14.1. The van der Waals surface area contributed by atoms with Crippen LogP contribution in [0.3, 0.4) is 0 Å². The van der Waals surface area contributed by atoms with Crippen LogP contribution in [0.25, 0.3) is 0 Å². The summed E-state index contributed by atoms with van der Waals surface area (Å²) in [6, 6.07) is 7.47. The quantitative estimate of drug-likeness (QED) is 0.864. The third-order valence-electron chi connectivity index (χ3n) is 3.25. The molecule has 5 nitrogen and oxygen atoms in total. The van der Waals surface area contributed by atoms with Gasteiger partial charge in [-0.1, -0.05) is 15.9 Å². The molecule has 6 heteroatoms. The Morgan fingerprint density at radius 1 is 1.48 bits per heavy atom. The number of halogens is 1. The van der Waals surface area contributed by atoms with E-state index in [9.17, 15) is 9.90 Å². The predicted octanol–water partition coefficient (Wildman–Crippen LogP) is 1.86. The van der Waals surface area contributed by atoms with Crippen molar-refractivity contribution in [1.29, 1.82) is 0 Å². The van der Waals surface area contributed by atoms with Crippen molar-refractivity contribution >= 4 is 27.5 Å². The highest BCUT2D eigenvalue weighted by Gasteiger charge is 2.33. The van der Waals surface area contributed by atoms with Crippen LogP contribution in [0, 0.1) is 0 Å². The molecule has 0 bridgehead atoms. The number of morpholine rings is 1. The van der Waals surface area contributed by atoms with Crippen molar-refractivity contribution in [2.45, 2.75) is 25.6 Å². The number of hydrogen-bond acceptors (Lipinski definition) is 4. The monoisotopic (exact) mass is 356 g/mol. The molecule has 1 unspecified atom stereocenters. The highest BCUT2D eigenvalue weighted by Crippen LogP contribution is 2.21. The van der Waals surface area contributed by atoms with Crippen molar-refractivity contribution in [2.24, 2.45) is 0 Å². The van der Waals surface area contributed by atoms with Gasteiger partial charge >= 0.3 is 0 Å². The lowest BCUT2D eigenvalue weighted by atomic mass is 10.1. The van der Waals surface area contributed by atoms with Crippen LogP contribution in [0.5, 0.6) is 0 Å². The molecular weight excluding hydrogens is 336 g/mol. The maximum atomic E-state index is 12.1. The van der Waals surface area contributed by atoms with Crippen LogP contribution in [0.15, 0.2) is 28.7 Å². The summed E-state index contributed by atoms with van der Waals surface area (Å²) in [5.41, 5.74) is 0.415. The number of hydrogen-bond donors (Lipinski definition) is 2. The first-order valence-electron chi connectivity index (χ1n) is 6.94. The lowest BCUT2D eigenvalue weighted by Crippen LogP contribution is -2.55. The number of ether oxygens (including phenoxy) is 1. The van der Waals surface area contributed by atoms with Crippen LogP contribution in [0.2, 0.25) is 0 Å². The molecule has 2 N–H and O–H groups in total. The molecule has 0 spiro atoms. The van der Waals surface area contributed by atoms with Gasteiger partial charge < -0.3 is 15.2 Å². The Hall–Kier alpha value is -0.950. The first-order chi connectivity index (χ1) is 9.88. The van der Waals surface area contributed by atoms with Crippen LogP contribution < -0.4 is 5.32 Å². The largest absolute Gasteiger partial charge is 0.394 e. The van der Waals surface area contributed by atoms with E-state index in [-0.39, 0.29) is 24.2 Å². The van der Waals surface area contributed by atoms with Crippen molar-refractivity contribution < 1.29 is 14.6 Å². The molecule has 21 heavy (non-hydrogen) atoms. The van der Waals surface area contributed by atoms with Crippen LogP contribution in [0.4, 0.5) is 5.69 Å². The van der Waals surface area contributed by atoms with E-state index in [1.165, 1.54) is 0 Å². The summed E-state index contributed by atoms with van der Waals surface area (Å²) in [5, 5.41) is 12.2. The second kappa shape index (κ2) is 6.87. The van der Waals surface area contributed by atoms with Crippen molar-refractivity contribution in [3.63, 3.8) is 0 Å². The summed E-state index contributed by atoms with van der Waals surface area (Å²) in [6.45, 7) is 5.42. The Kier molecular flexibility index (Phi) is 5.37. The molecule has 1 fully saturated rings. The zero-order valence-corrected chi connectivity index (χ0v) is 13.9. The minimum absolute atomic E-state index is 0.0335. The van der Waals surface area contributed by atoms with Crippen molar-refractivity contribution in [2.75, 3.05) is 31.6 Å². The van der Waals surface area contributed by atoms with E-state index in [1.54, 1.807) is 0 Å². The minimum Gasteiger partial charge on any atom is -0.394 e. The third kappa shape index (κ3) is 5.07. The Balaban J connectivity index is 1.91. The summed E-state index contributed by atoms with van der Waals surface area (Å²) >= 11 is 3.36. The van der Waals surface area contributed by atoms with E-state index in [0.717, 1.165) is 10.2 Å². The molecule has 2 rings (SSSR count). The van der Waals surface area contributed by atoms with Crippen molar-refractivity contribution in [1.82, 2.24) is 4.90 Å². The second-order valence-corrected chi connectivity index (χ2v) is 6.82. The van der Waals surface area contributed by atoms with E-state index >= 15 is 0 Å². The van der Waals surface area contributed by atoms with Gasteiger partial charge in [-0.3, -0.25) is 9.69 Å². The Morgan fingerprint density at radius 2 is 2.14 bits per heavy atom. The number of carbonyl (C=O) groups is 1. The van der Waals surface area contributed by atoms with Gasteiger partial charge in [0.25, 0.3) is 0 Å². The maximum Gasteiger partial charge on any atom is 0.238 e. The lowest BCUT2D eigenvalue weighted by Gasteiger charge is -2.41. The topological polar surface area (TPSA) is 61.8 Å². The van der Waals surface area contributed by atoms with Gasteiger partial charge in [0.05, 0.1) is 24.9 Å². The average molecular weight is 357 g/mol. The SMILES string of the molecule is CC1(C)CN(CC(=O)Nc2ccc(Br)cc2)CC(CO)O1. The van der Waals surface area contributed by atoms with Crippen LogP contribution in [-0.2, 0) is 9.53 Å². The fraction of sp³-hybridized carbons (Fsp3) is 0.533. The van der Waals surface area contributed by atoms with Gasteiger partial charge in [-0.05, 0) is 38.1 Å². The minimum atomic E-state index is -0.358. The molecule has 0 aliphatic carbocycles. The van der Waals surface area contributed by atoms with Gasteiger partial charge in [-0.15, -0.1) is 0 Å². The average Bonchev–Trinajstić information content (AvgIpc) is 2.39. The van der Waals surface area contributed by atoms with Gasteiger partial charge in [0.15, 0.2) is 0 Å². The fourth-order valence-corrected chi connectivity index (χ4v) is 2.83. The maximum absolute atomic E-state index is 12.1. The number of benzene rings is 1. The molecule has 1 atom stereocenters. The highest BCUT2D eigenvalue weighted by atomic mass is 79.9. The van der Waals surface area contributed by atoms with Crippen LogP contribution in [-0.4, -0.2) is 53.9 Å². The van der Waals surface area contributed by atoms with Gasteiger partial charge in [-0.2, -0.15) is 0 Å². The second-order valence-electron chi connectivity index (χ2n) is 5.91. The molecule has 1 aromatic rings. The Morgan fingerprint density at radius 3 is 2.76 bits per heavy atom. The molecule has 0 saturated carbocycles. The van der Waals surface area contributed by atoms with Gasteiger partial charge in [0, 0.05) is 23.2 Å². The van der Waals surface area contributed by atoms with Gasteiger partial charge in [0.1, 0.15) is 0 Å². The van der Waals surface area contributed by atoms with E-state index < -0.39 is 0 Å². The summed E-state index contributed by atoms with van der Waals surface area (Å²) in [7, 11) is 0. The van der Waals surface area contributed by atoms with E-state index in [4.69, 9.17) is 4.74 Å². The number of nitrogens with one attached hydrogen (secondary N) is 1. The highest BCUT2D eigenvalue weighted by molar-refractivity contribution is 9.10. The molecule has 0 radical (unpaired) electrons. The number of carbonyl (C=O) groups excluding carboxylic acids is 1. The Bertz CT molecular complexity index is 490. The molecule has 1 aromatic carbocycles. The number of amides is 1. The number of aliphatic hydroxyl groups is 1.